The molecule has 80 valence electrons. The van der Waals surface area contributed by atoms with Crippen molar-refractivity contribution in [3.05, 3.63) is 0 Å². The van der Waals surface area contributed by atoms with Gasteiger partial charge in [0.2, 0.25) is 0 Å². The van der Waals surface area contributed by atoms with E-state index in [-0.39, 0.29) is 17.5 Å². The van der Waals surface area contributed by atoms with Crippen LogP contribution in [-0.4, -0.2) is 35.9 Å². The lowest BCUT2D eigenvalue weighted by Crippen LogP contribution is -2.63. The number of nitrogens with one attached hydrogen (secondary N) is 1. The van der Waals surface area contributed by atoms with Gasteiger partial charge >= 0.3 is 5.97 Å². The van der Waals surface area contributed by atoms with Crippen LogP contribution in [0.4, 0.5) is 0 Å². The van der Waals surface area contributed by atoms with E-state index in [1.165, 1.54) is 0 Å². The first kappa shape index (κ1) is 9.93. The molecule has 4 heteroatoms. The van der Waals surface area contributed by atoms with Gasteiger partial charge in [-0.25, -0.2) is 0 Å². The lowest BCUT2D eigenvalue weighted by Gasteiger charge is -2.47. The van der Waals surface area contributed by atoms with Crippen molar-refractivity contribution in [2.24, 2.45) is 5.92 Å². The van der Waals surface area contributed by atoms with Crippen molar-refractivity contribution in [2.45, 2.75) is 37.8 Å². The van der Waals surface area contributed by atoms with E-state index in [0.717, 1.165) is 6.42 Å². The molecule has 0 aromatic heterocycles. The minimum absolute atomic E-state index is 0.0791. The van der Waals surface area contributed by atoms with E-state index >= 15 is 0 Å². The second-order valence-electron chi connectivity index (χ2n) is 4.47. The molecule has 2 saturated heterocycles. The summed E-state index contributed by atoms with van der Waals surface area (Å²) in [4.78, 5) is 11.0. The molecule has 2 N–H and O–H groups in total. The standard InChI is InChI=1S/C10H17NO3/c1-2-10-4-7(9(12)13)3-8(11-10)5-14-6-10/h7-8,11H,2-6H2,1H3,(H,12,13). The van der Waals surface area contributed by atoms with Crippen molar-refractivity contribution in [2.75, 3.05) is 13.2 Å². The molecule has 2 aliphatic heterocycles. The number of piperidine rings is 1. The monoisotopic (exact) mass is 199 g/mol. The second-order valence-corrected chi connectivity index (χ2v) is 4.47. The number of carboxylic acid groups (broad SMARTS) is 1. The Balaban J connectivity index is 2.13. The van der Waals surface area contributed by atoms with Crippen molar-refractivity contribution in [1.82, 2.24) is 5.32 Å². The number of aliphatic carboxylic acids is 1. The summed E-state index contributed by atoms with van der Waals surface area (Å²) < 4.78 is 5.50. The summed E-state index contributed by atoms with van der Waals surface area (Å²) in [5, 5.41) is 12.5. The maximum Gasteiger partial charge on any atom is 0.306 e. The smallest absolute Gasteiger partial charge is 0.306 e. The average molecular weight is 199 g/mol. The molecular formula is C10H17NO3. The molecule has 0 aliphatic carbocycles. The third kappa shape index (κ3) is 1.64. The van der Waals surface area contributed by atoms with Crippen molar-refractivity contribution in [1.29, 1.82) is 0 Å². The molecule has 3 atom stereocenters. The highest BCUT2D eigenvalue weighted by Crippen LogP contribution is 2.33. The van der Waals surface area contributed by atoms with Gasteiger partial charge in [0.05, 0.1) is 19.1 Å². The van der Waals surface area contributed by atoms with E-state index in [9.17, 15) is 4.79 Å². The van der Waals surface area contributed by atoms with Crippen LogP contribution < -0.4 is 5.32 Å². The Morgan fingerprint density at radius 2 is 2.50 bits per heavy atom. The Kier molecular flexibility index (Phi) is 2.49. The normalized spacial score (nSPS) is 42.1. The number of fused-ring (bicyclic) bond motifs is 2. The van der Waals surface area contributed by atoms with Gasteiger partial charge in [-0.1, -0.05) is 6.92 Å². The van der Waals surface area contributed by atoms with Crippen LogP contribution >= 0.6 is 0 Å². The minimum Gasteiger partial charge on any atom is -0.481 e. The quantitative estimate of drug-likeness (QED) is 0.684. The summed E-state index contributed by atoms with van der Waals surface area (Å²) in [5.74, 6) is -0.846. The molecule has 0 saturated carbocycles. The number of ether oxygens (including phenoxy) is 1. The molecule has 4 nitrogen and oxygen atoms in total. The Hall–Kier alpha value is -0.610. The van der Waals surface area contributed by atoms with Gasteiger partial charge in [0.25, 0.3) is 0 Å². The average Bonchev–Trinajstić information content (AvgIpc) is 2.17. The van der Waals surface area contributed by atoms with Gasteiger partial charge < -0.3 is 15.2 Å². The summed E-state index contributed by atoms with van der Waals surface area (Å²) in [6.45, 7) is 3.40. The molecule has 2 heterocycles. The molecule has 0 radical (unpaired) electrons. The van der Waals surface area contributed by atoms with E-state index < -0.39 is 5.97 Å². The zero-order chi connectivity index (χ0) is 10.2. The molecule has 3 unspecified atom stereocenters. The molecule has 0 aromatic carbocycles. The van der Waals surface area contributed by atoms with Crippen molar-refractivity contribution in [3.8, 4) is 0 Å². The van der Waals surface area contributed by atoms with E-state index in [0.29, 0.717) is 26.1 Å². The van der Waals surface area contributed by atoms with Gasteiger partial charge in [-0.05, 0) is 19.3 Å². The second kappa shape index (κ2) is 3.51. The topological polar surface area (TPSA) is 58.6 Å². The Morgan fingerprint density at radius 1 is 1.71 bits per heavy atom. The fourth-order valence-corrected chi connectivity index (χ4v) is 2.59. The van der Waals surface area contributed by atoms with Crippen LogP contribution in [0.5, 0.6) is 0 Å². The van der Waals surface area contributed by atoms with E-state index in [1.807, 2.05) is 0 Å². The SMILES string of the molecule is CCC12COCC(CC(C(=O)O)C1)N2. The zero-order valence-electron chi connectivity index (χ0n) is 8.45. The number of hydrogen-bond donors (Lipinski definition) is 2. The fourth-order valence-electron chi connectivity index (χ4n) is 2.59. The number of carboxylic acids is 1. The van der Waals surface area contributed by atoms with Crippen LogP contribution in [-0.2, 0) is 9.53 Å². The lowest BCUT2D eigenvalue weighted by molar-refractivity contribution is -0.147. The molecular weight excluding hydrogens is 182 g/mol. The Morgan fingerprint density at radius 3 is 3.14 bits per heavy atom. The molecule has 0 spiro atoms. The molecule has 2 rings (SSSR count). The Bertz CT molecular complexity index is 244. The zero-order valence-corrected chi connectivity index (χ0v) is 8.45. The van der Waals surface area contributed by atoms with Crippen molar-refractivity contribution >= 4 is 5.97 Å². The number of rotatable bonds is 2. The summed E-state index contributed by atoms with van der Waals surface area (Å²) in [6.07, 6.45) is 2.35. The largest absolute Gasteiger partial charge is 0.481 e. The molecule has 14 heavy (non-hydrogen) atoms. The number of morpholine rings is 1. The van der Waals surface area contributed by atoms with Gasteiger partial charge in [-0.3, -0.25) is 4.79 Å². The summed E-state index contributed by atoms with van der Waals surface area (Å²) >= 11 is 0. The molecule has 2 fully saturated rings. The van der Waals surface area contributed by atoms with Crippen LogP contribution in [0.2, 0.25) is 0 Å². The summed E-state index contributed by atoms with van der Waals surface area (Å²) in [5.41, 5.74) is -0.0791. The van der Waals surface area contributed by atoms with E-state index in [2.05, 4.69) is 12.2 Å². The van der Waals surface area contributed by atoms with Gasteiger partial charge in [-0.2, -0.15) is 0 Å². The third-order valence-electron chi connectivity index (χ3n) is 3.44. The molecule has 2 bridgehead atoms. The van der Waals surface area contributed by atoms with Gasteiger partial charge in [0.15, 0.2) is 0 Å². The first-order chi connectivity index (χ1) is 6.65. The van der Waals surface area contributed by atoms with Crippen LogP contribution in [0, 0.1) is 5.92 Å². The first-order valence-corrected chi connectivity index (χ1v) is 5.23. The fraction of sp³-hybridized carbons (Fsp3) is 0.900. The van der Waals surface area contributed by atoms with Gasteiger partial charge in [0.1, 0.15) is 0 Å². The molecule has 2 aliphatic rings. The van der Waals surface area contributed by atoms with Gasteiger partial charge in [0, 0.05) is 11.6 Å². The maximum atomic E-state index is 11.0. The highest BCUT2D eigenvalue weighted by atomic mass is 16.5. The maximum absolute atomic E-state index is 11.0. The third-order valence-corrected chi connectivity index (χ3v) is 3.44. The van der Waals surface area contributed by atoms with Crippen LogP contribution in [0.3, 0.4) is 0 Å². The van der Waals surface area contributed by atoms with Crippen LogP contribution in [0.1, 0.15) is 26.2 Å². The predicted octanol–water partition coefficient (Wildman–Crippen LogP) is 0.618. The van der Waals surface area contributed by atoms with E-state index in [1.54, 1.807) is 0 Å². The Labute approximate surface area is 83.6 Å². The highest BCUT2D eigenvalue weighted by molar-refractivity contribution is 5.70. The highest BCUT2D eigenvalue weighted by Gasteiger charge is 2.44. The summed E-state index contributed by atoms with van der Waals surface area (Å²) in [7, 11) is 0. The van der Waals surface area contributed by atoms with Crippen molar-refractivity contribution in [3.63, 3.8) is 0 Å². The first-order valence-electron chi connectivity index (χ1n) is 5.23. The predicted molar refractivity (Wildman–Crippen MR) is 51.1 cm³/mol. The lowest BCUT2D eigenvalue weighted by atomic mass is 9.77. The van der Waals surface area contributed by atoms with Crippen LogP contribution in [0.25, 0.3) is 0 Å². The molecule has 0 amide bonds. The van der Waals surface area contributed by atoms with Gasteiger partial charge in [-0.15, -0.1) is 0 Å². The van der Waals surface area contributed by atoms with E-state index in [4.69, 9.17) is 9.84 Å². The number of carbonyl (C=O) groups is 1. The summed E-state index contributed by atoms with van der Waals surface area (Å²) in [6, 6.07) is 0.235. The van der Waals surface area contributed by atoms with Crippen molar-refractivity contribution < 1.29 is 14.6 Å². The van der Waals surface area contributed by atoms with Crippen LogP contribution in [0.15, 0.2) is 0 Å². The minimum atomic E-state index is -0.656. The molecule has 0 aromatic rings. The number of hydrogen-bond acceptors (Lipinski definition) is 3.